The Morgan fingerprint density at radius 1 is 1.53 bits per heavy atom. The first-order valence-corrected chi connectivity index (χ1v) is 5.12. The smallest absolute Gasteiger partial charge is 0.311 e. The average Bonchev–Trinajstić information content (AvgIpc) is 2.24. The molecule has 1 aromatic rings. The number of hydrogen-bond acceptors (Lipinski definition) is 5. The van der Waals surface area contributed by atoms with Gasteiger partial charge in [-0.25, -0.2) is 0 Å². The van der Waals surface area contributed by atoms with Crippen molar-refractivity contribution in [3.05, 3.63) is 28.3 Å². The van der Waals surface area contributed by atoms with Gasteiger partial charge in [0.25, 0.3) is 0 Å². The van der Waals surface area contributed by atoms with Gasteiger partial charge >= 0.3 is 5.69 Å². The number of aliphatic hydroxyl groups is 1. The van der Waals surface area contributed by atoms with E-state index in [-0.39, 0.29) is 11.4 Å². The van der Waals surface area contributed by atoms with Crippen LogP contribution in [0.1, 0.15) is 13.8 Å². The molecule has 0 saturated heterocycles. The van der Waals surface area contributed by atoms with E-state index in [9.17, 15) is 15.2 Å². The number of methoxy groups -OCH3 is 1. The molecule has 0 unspecified atom stereocenters. The largest absolute Gasteiger partial charge is 0.490 e. The molecule has 1 aromatic carbocycles. The van der Waals surface area contributed by atoms with E-state index in [2.05, 4.69) is 5.32 Å². The third-order valence-electron chi connectivity index (χ3n) is 2.10. The number of nitro benzene ring substituents is 1. The standard InChI is InChI=1S/C11H16N2O4/c1-11(2,14)7-12-8-4-5-9(13(15)16)10(6-8)17-3/h4-6,12,14H,7H2,1-3H3. The first-order chi connectivity index (χ1) is 7.83. The number of anilines is 1. The van der Waals surface area contributed by atoms with Gasteiger partial charge in [-0.2, -0.15) is 0 Å². The SMILES string of the molecule is COc1cc(NCC(C)(C)O)ccc1[N+](=O)[O-]. The highest BCUT2D eigenvalue weighted by atomic mass is 16.6. The van der Waals surface area contributed by atoms with Crippen LogP contribution in [0.2, 0.25) is 0 Å². The monoisotopic (exact) mass is 240 g/mol. The van der Waals surface area contributed by atoms with Gasteiger partial charge in [-0.15, -0.1) is 0 Å². The number of hydrogen-bond donors (Lipinski definition) is 2. The molecule has 0 bridgehead atoms. The molecule has 1 rings (SSSR count). The van der Waals surface area contributed by atoms with E-state index in [1.165, 1.54) is 19.2 Å². The van der Waals surface area contributed by atoms with Crippen molar-refractivity contribution in [3.8, 4) is 5.75 Å². The van der Waals surface area contributed by atoms with Crippen LogP contribution in [0.5, 0.6) is 5.75 Å². The molecule has 0 aliphatic carbocycles. The molecule has 0 heterocycles. The Kier molecular flexibility index (Phi) is 3.90. The van der Waals surface area contributed by atoms with Gasteiger partial charge in [0, 0.05) is 24.4 Å². The third-order valence-corrected chi connectivity index (χ3v) is 2.10. The molecule has 0 aliphatic rings. The van der Waals surface area contributed by atoms with Crippen molar-refractivity contribution in [1.82, 2.24) is 0 Å². The van der Waals surface area contributed by atoms with Gasteiger partial charge in [-0.3, -0.25) is 10.1 Å². The maximum atomic E-state index is 10.7. The summed E-state index contributed by atoms with van der Waals surface area (Å²) in [7, 11) is 1.38. The van der Waals surface area contributed by atoms with Crippen LogP contribution >= 0.6 is 0 Å². The second-order valence-corrected chi connectivity index (χ2v) is 4.31. The topological polar surface area (TPSA) is 84.6 Å². The van der Waals surface area contributed by atoms with Gasteiger partial charge in [-0.05, 0) is 19.9 Å². The highest BCUT2D eigenvalue weighted by Crippen LogP contribution is 2.29. The minimum Gasteiger partial charge on any atom is -0.490 e. The maximum absolute atomic E-state index is 10.7. The van der Waals surface area contributed by atoms with Crippen LogP contribution in [-0.4, -0.2) is 29.3 Å². The molecule has 6 nitrogen and oxygen atoms in total. The zero-order chi connectivity index (χ0) is 13.1. The van der Waals surface area contributed by atoms with Crippen molar-refractivity contribution in [2.45, 2.75) is 19.4 Å². The second kappa shape index (κ2) is 5.01. The Morgan fingerprint density at radius 3 is 2.65 bits per heavy atom. The van der Waals surface area contributed by atoms with Crippen molar-refractivity contribution in [2.24, 2.45) is 0 Å². The average molecular weight is 240 g/mol. The van der Waals surface area contributed by atoms with E-state index < -0.39 is 10.5 Å². The van der Waals surface area contributed by atoms with Crippen LogP contribution in [-0.2, 0) is 0 Å². The molecule has 0 aliphatic heterocycles. The molecule has 0 spiro atoms. The number of rotatable bonds is 5. The lowest BCUT2D eigenvalue weighted by molar-refractivity contribution is -0.385. The highest BCUT2D eigenvalue weighted by molar-refractivity contribution is 5.58. The minimum absolute atomic E-state index is 0.0821. The van der Waals surface area contributed by atoms with Crippen LogP contribution < -0.4 is 10.1 Å². The van der Waals surface area contributed by atoms with Gasteiger partial charge in [-0.1, -0.05) is 0 Å². The molecular formula is C11H16N2O4. The fourth-order valence-electron chi connectivity index (χ4n) is 1.26. The predicted octanol–water partition coefficient (Wildman–Crippen LogP) is 1.79. The molecule has 0 aromatic heterocycles. The van der Waals surface area contributed by atoms with Gasteiger partial charge in [0.1, 0.15) is 0 Å². The van der Waals surface area contributed by atoms with E-state index in [0.717, 1.165) is 0 Å². The van der Waals surface area contributed by atoms with Crippen molar-refractivity contribution >= 4 is 11.4 Å². The molecule has 94 valence electrons. The predicted molar refractivity (Wildman–Crippen MR) is 64.4 cm³/mol. The van der Waals surface area contributed by atoms with Gasteiger partial charge < -0.3 is 15.2 Å². The van der Waals surface area contributed by atoms with Crippen molar-refractivity contribution in [1.29, 1.82) is 0 Å². The first kappa shape index (κ1) is 13.2. The highest BCUT2D eigenvalue weighted by Gasteiger charge is 2.16. The van der Waals surface area contributed by atoms with Crippen molar-refractivity contribution in [3.63, 3.8) is 0 Å². The lowest BCUT2D eigenvalue weighted by atomic mass is 10.1. The summed E-state index contributed by atoms with van der Waals surface area (Å²) in [4.78, 5) is 10.2. The molecule has 0 saturated carbocycles. The Bertz CT molecular complexity index is 412. The zero-order valence-corrected chi connectivity index (χ0v) is 10.1. The molecule has 2 N–H and O–H groups in total. The molecule has 17 heavy (non-hydrogen) atoms. The minimum atomic E-state index is -0.852. The zero-order valence-electron chi connectivity index (χ0n) is 10.1. The van der Waals surface area contributed by atoms with Crippen LogP contribution in [0.4, 0.5) is 11.4 Å². The number of ether oxygens (including phenoxy) is 1. The summed E-state index contributed by atoms with van der Waals surface area (Å²) in [6, 6.07) is 4.47. The van der Waals surface area contributed by atoms with E-state index in [1.807, 2.05) is 0 Å². The van der Waals surface area contributed by atoms with Crippen molar-refractivity contribution in [2.75, 3.05) is 19.0 Å². The lowest BCUT2D eigenvalue weighted by Crippen LogP contribution is -2.29. The second-order valence-electron chi connectivity index (χ2n) is 4.31. The molecule has 6 heteroatoms. The number of benzene rings is 1. The van der Waals surface area contributed by atoms with Crippen LogP contribution in [0.25, 0.3) is 0 Å². The summed E-state index contributed by atoms with van der Waals surface area (Å²) >= 11 is 0. The maximum Gasteiger partial charge on any atom is 0.311 e. The van der Waals surface area contributed by atoms with Crippen LogP contribution in [0.15, 0.2) is 18.2 Å². The number of nitro groups is 1. The molecule has 0 radical (unpaired) electrons. The Morgan fingerprint density at radius 2 is 2.18 bits per heavy atom. The molecule has 0 amide bonds. The molecule has 0 atom stereocenters. The van der Waals surface area contributed by atoms with E-state index in [4.69, 9.17) is 4.74 Å². The van der Waals surface area contributed by atoms with Crippen molar-refractivity contribution < 1.29 is 14.8 Å². The quantitative estimate of drug-likeness (QED) is 0.605. The fraction of sp³-hybridized carbons (Fsp3) is 0.455. The van der Waals surface area contributed by atoms with E-state index in [1.54, 1.807) is 19.9 Å². The van der Waals surface area contributed by atoms with E-state index in [0.29, 0.717) is 12.2 Å². The Hall–Kier alpha value is -1.82. The van der Waals surface area contributed by atoms with Gasteiger partial charge in [0.05, 0.1) is 17.6 Å². The van der Waals surface area contributed by atoms with Gasteiger partial charge in [0.15, 0.2) is 5.75 Å². The summed E-state index contributed by atoms with van der Waals surface area (Å²) in [6.45, 7) is 3.68. The summed E-state index contributed by atoms with van der Waals surface area (Å²) in [5, 5.41) is 23.2. The summed E-state index contributed by atoms with van der Waals surface area (Å²) in [5.74, 6) is 0.191. The summed E-state index contributed by atoms with van der Waals surface area (Å²) in [6.07, 6.45) is 0. The third kappa shape index (κ3) is 3.92. The summed E-state index contributed by atoms with van der Waals surface area (Å²) < 4.78 is 4.94. The number of nitrogens with zero attached hydrogens (tertiary/aromatic N) is 1. The normalized spacial score (nSPS) is 11.1. The van der Waals surface area contributed by atoms with Crippen LogP contribution in [0, 0.1) is 10.1 Å². The Labute approximate surface area is 99.4 Å². The van der Waals surface area contributed by atoms with Crippen LogP contribution in [0.3, 0.4) is 0 Å². The summed E-state index contributed by atoms with van der Waals surface area (Å²) in [5.41, 5.74) is -0.273. The fourth-order valence-corrected chi connectivity index (χ4v) is 1.26. The number of nitrogens with one attached hydrogen (secondary N) is 1. The first-order valence-electron chi connectivity index (χ1n) is 5.12. The lowest BCUT2D eigenvalue weighted by Gasteiger charge is -2.18. The Balaban J connectivity index is 2.87. The van der Waals surface area contributed by atoms with Gasteiger partial charge in [0.2, 0.25) is 0 Å². The molecule has 0 fully saturated rings. The molecular weight excluding hydrogens is 224 g/mol. The van der Waals surface area contributed by atoms with E-state index >= 15 is 0 Å².